The van der Waals surface area contributed by atoms with E-state index in [1.54, 1.807) is 21.3 Å². The van der Waals surface area contributed by atoms with Crippen molar-refractivity contribution in [1.82, 2.24) is 4.90 Å². The van der Waals surface area contributed by atoms with Crippen LogP contribution in [0.5, 0.6) is 23.0 Å². The van der Waals surface area contributed by atoms with Gasteiger partial charge in [-0.1, -0.05) is 18.2 Å². The molecule has 0 bridgehead atoms. The second kappa shape index (κ2) is 9.88. The number of hydrogen-bond donors (Lipinski definition) is 1. The van der Waals surface area contributed by atoms with Crippen LogP contribution >= 0.6 is 0 Å². The highest BCUT2D eigenvalue weighted by Crippen LogP contribution is 2.33. The lowest BCUT2D eigenvalue weighted by Gasteiger charge is -2.19. The molecule has 0 radical (unpaired) electrons. The predicted octanol–water partition coefficient (Wildman–Crippen LogP) is 3.82. The number of ether oxygens (including phenoxy) is 3. The SMILES string of the molecule is C=CCc1cc(CN(C)CCc2ccc(OC)c(OC)c2)c(O)c(OC)c1. The van der Waals surface area contributed by atoms with E-state index in [1.807, 2.05) is 43.5 Å². The fraction of sp³-hybridized carbons (Fsp3) is 0.364. The van der Waals surface area contributed by atoms with E-state index < -0.39 is 0 Å². The molecule has 2 aromatic carbocycles. The third-order valence-electron chi connectivity index (χ3n) is 4.48. The van der Waals surface area contributed by atoms with Gasteiger partial charge in [0.25, 0.3) is 0 Å². The van der Waals surface area contributed by atoms with Crippen molar-refractivity contribution in [3.05, 3.63) is 59.7 Å². The van der Waals surface area contributed by atoms with Gasteiger partial charge in [0.2, 0.25) is 0 Å². The van der Waals surface area contributed by atoms with Crippen LogP contribution in [0.4, 0.5) is 0 Å². The van der Waals surface area contributed by atoms with Crippen molar-refractivity contribution in [3.8, 4) is 23.0 Å². The molecule has 0 aliphatic heterocycles. The summed E-state index contributed by atoms with van der Waals surface area (Å²) in [6, 6.07) is 9.82. The molecule has 0 saturated carbocycles. The summed E-state index contributed by atoms with van der Waals surface area (Å²) in [4.78, 5) is 2.17. The second-order valence-electron chi connectivity index (χ2n) is 6.48. The number of benzene rings is 2. The summed E-state index contributed by atoms with van der Waals surface area (Å²) in [5, 5.41) is 10.4. The maximum atomic E-state index is 10.4. The zero-order valence-electron chi connectivity index (χ0n) is 16.6. The van der Waals surface area contributed by atoms with E-state index in [-0.39, 0.29) is 5.75 Å². The van der Waals surface area contributed by atoms with Gasteiger partial charge in [0, 0.05) is 18.7 Å². The van der Waals surface area contributed by atoms with E-state index in [9.17, 15) is 5.11 Å². The Balaban J connectivity index is 2.06. The van der Waals surface area contributed by atoms with Crippen molar-refractivity contribution < 1.29 is 19.3 Å². The maximum absolute atomic E-state index is 10.4. The number of allylic oxidation sites excluding steroid dienone is 1. The van der Waals surface area contributed by atoms with Gasteiger partial charge in [0.1, 0.15) is 0 Å². The highest BCUT2D eigenvalue weighted by atomic mass is 16.5. The van der Waals surface area contributed by atoms with Crippen LogP contribution in [-0.4, -0.2) is 44.9 Å². The van der Waals surface area contributed by atoms with Gasteiger partial charge in [-0.2, -0.15) is 0 Å². The molecule has 5 nitrogen and oxygen atoms in total. The Kier molecular flexibility index (Phi) is 7.55. The largest absolute Gasteiger partial charge is 0.504 e. The molecule has 1 N–H and O–H groups in total. The van der Waals surface area contributed by atoms with E-state index in [0.717, 1.165) is 42.0 Å². The molecule has 2 aromatic rings. The number of nitrogens with zero attached hydrogens (tertiary/aromatic N) is 1. The highest BCUT2D eigenvalue weighted by molar-refractivity contribution is 5.49. The van der Waals surface area contributed by atoms with Crippen LogP contribution in [0, 0.1) is 0 Å². The average Bonchev–Trinajstić information content (AvgIpc) is 2.68. The Bertz CT molecular complexity index is 773. The quantitative estimate of drug-likeness (QED) is 0.644. The second-order valence-corrected chi connectivity index (χ2v) is 6.48. The van der Waals surface area contributed by atoms with Gasteiger partial charge in [-0.3, -0.25) is 0 Å². The molecule has 0 amide bonds. The molecular weight excluding hydrogens is 342 g/mol. The minimum atomic E-state index is 0.197. The number of likely N-dealkylation sites (N-methyl/N-ethyl adjacent to an activating group) is 1. The minimum absolute atomic E-state index is 0.197. The van der Waals surface area contributed by atoms with Gasteiger partial charge in [-0.05, 0) is 49.2 Å². The summed E-state index contributed by atoms with van der Waals surface area (Å²) in [6.45, 7) is 5.24. The Morgan fingerprint density at radius 1 is 0.963 bits per heavy atom. The molecule has 0 heterocycles. The third kappa shape index (κ3) is 5.41. The van der Waals surface area contributed by atoms with E-state index >= 15 is 0 Å². The summed E-state index contributed by atoms with van der Waals surface area (Å²) in [5.74, 6) is 2.16. The number of hydrogen-bond acceptors (Lipinski definition) is 5. The molecule has 0 aliphatic rings. The smallest absolute Gasteiger partial charge is 0.162 e. The van der Waals surface area contributed by atoms with Crippen LogP contribution in [0.15, 0.2) is 43.0 Å². The van der Waals surface area contributed by atoms with Crippen LogP contribution in [0.2, 0.25) is 0 Å². The molecule has 5 heteroatoms. The van der Waals surface area contributed by atoms with Crippen molar-refractivity contribution >= 4 is 0 Å². The molecular formula is C22H29NO4. The van der Waals surface area contributed by atoms with Crippen LogP contribution in [0.1, 0.15) is 16.7 Å². The predicted molar refractivity (Wildman–Crippen MR) is 108 cm³/mol. The van der Waals surface area contributed by atoms with Crippen molar-refractivity contribution in [3.63, 3.8) is 0 Å². The van der Waals surface area contributed by atoms with Crippen LogP contribution < -0.4 is 14.2 Å². The lowest BCUT2D eigenvalue weighted by molar-refractivity contribution is 0.317. The molecule has 0 fully saturated rings. The molecule has 0 aliphatic carbocycles. The first-order chi connectivity index (χ1) is 13.0. The molecule has 0 spiro atoms. The lowest BCUT2D eigenvalue weighted by atomic mass is 10.1. The molecule has 146 valence electrons. The van der Waals surface area contributed by atoms with Gasteiger partial charge < -0.3 is 24.2 Å². The number of rotatable bonds is 10. The fourth-order valence-corrected chi connectivity index (χ4v) is 3.02. The lowest BCUT2D eigenvalue weighted by Crippen LogP contribution is -2.21. The van der Waals surface area contributed by atoms with Crippen molar-refractivity contribution in [2.24, 2.45) is 0 Å². The van der Waals surface area contributed by atoms with Crippen LogP contribution in [-0.2, 0) is 19.4 Å². The first-order valence-electron chi connectivity index (χ1n) is 8.91. The Morgan fingerprint density at radius 2 is 1.63 bits per heavy atom. The summed E-state index contributed by atoms with van der Waals surface area (Å²) in [5.41, 5.74) is 3.09. The van der Waals surface area contributed by atoms with Crippen molar-refractivity contribution in [2.45, 2.75) is 19.4 Å². The van der Waals surface area contributed by atoms with Gasteiger partial charge in [0.15, 0.2) is 23.0 Å². The first kappa shape index (κ1) is 20.6. The van der Waals surface area contributed by atoms with Gasteiger partial charge in [-0.25, -0.2) is 0 Å². The number of aromatic hydroxyl groups is 1. The summed E-state index contributed by atoms with van der Waals surface area (Å²) < 4.78 is 15.9. The zero-order chi connectivity index (χ0) is 19.8. The molecule has 0 unspecified atom stereocenters. The average molecular weight is 371 g/mol. The van der Waals surface area contributed by atoms with Gasteiger partial charge >= 0.3 is 0 Å². The maximum Gasteiger partial charge on any atom is 0.162 e. The van der Waals surface area contributed by atoms with Gasteiger partial charge in [0.05, 0.1) is 21.3 Å². The zero-order valence-corrected chi connectivity index (χ0v) is 16.6. The highest BCUT2D eigenvalue weighted by Gasteiger charge is 2.13. The topological polar surface area (TPSA) is 51.2 Å². The van der Waals surface area contributed by atoms with Crippen molar-refractivity contribution in [1.29, 1.82) is 0 Å². The number of methoxy groups -OCH3 is 3. The summed E-state index contributed by atoms with van der Waals surface area (Å²) >= 11 is 0. The summed E-state index contributed by atoms with van der Waals surface area (Å²) in [6.07, 6.45) is 3.44. The first-order valence-corrected chi connectivity index (χ1v) is 8.91. The van der Waals surface area contributed by atoms with Crippen LogP contribution in [0.25, 0.3) is 0 Å². The molecule has 0 saturated heterocycles. The Labute approximate surface area is 161 Å². The number of phenolic OH excluding ortho intramolecular Hbond substituents is 1. The Morgan fingerprint density at radius 3 is 2.26 bits per heavy atom. The standard InChI is InChI=1S/C22H29NO4/c1-6-7-17-12-18(22(24)21(14-17)27-5)15-23(2)11-10-16-8-9-19(25-3)20(13-16)26-4/h6,8-9,12-14,24H,1,7,10-11,15H2,2-5H3. The fourth-order valence-electron chi connectivity index (χ4n) is 3.02. The van der Waals surface area contributed by atoms with E-state index in [4.69, 9.17) is 14.2 Å². The monoisotopic (exact) mass is 371 g/mol. The van der Waals surface area contributed by atoms with E-state index in [1.165, 1.54) is 5.56 Å². The molecule has 0 atom stereocenters. The van der Waals surface area contributed by atoms with E-state index in [0.29, 0.717) is 12.3 Å². The molecule has 2 rings (SSSR count). The van der Waals surface area contributed by atoms with Crippen LogP contribution in [0.3, 0.4) is 0 Å². The van der Waals surface area contributed by atoms with E-state index in [2.05, 4.69) is 11.5 Å². The normalized spacial score (nSPS) is 10.7. The summed E-state index contributed by atoms with van der Waals surface area (Å²) in [7, 11) is 6.87. The minimum Gasteiger partial charge on any atom is -0.504 e. The van der Waals surface area contributed by atoms with Crippen molar-refractivity contribution in [2.75, 3.05) is 34.9 Å². The molecule has 0 aromatic heterocycles. The Hall–Kier alpha value is -2.66. The number of phenols is 1. The third-order valence-corrected chi connectivity index (χ3v) is 4.48. The molecule has 27 heavy (non-hydrogen) atoms. The van der Waals surface area contributed by atoms with Gasteiger partial charge in [-0.15, -0.1) is 6.58 Å².